The molecule has 2 aromatic carbocycles. The first kappa shape index (κ1) is 15.5. The van der Waals surface area contributed by atoms with Crippen molar-refractivity contribution in [2.45, 2.75) is 13.0 Å². The number of hydrogen-bond acceptors (Lipinski definition) is 3. The predicted molar refractivity (Wildman–Crippen MR) is 83.5 cm³/mol. The third-order valence-corrected chi connectivity index (χ3v) is 3.37. The molecule has 110 valence electrons. The number of esters is 1. The molecule has 1 atom stereocenters. The van der Waals surface area contributed by atoms with Crippen LogP contribution in [0, 0.1) is 5.82 Å². The molecule has 1 N–H and O–H groups in total. The molecule has 0 spiro atoms. The van der Waals surface area contributed by atoms with E-state index in [1.807, 2.05) is 30.3 Å². The third kappa shape index (κ3) is 4.04. The summed E-state index contributed by atoms with van der Waals surface area (Å²) in [5.41, 5.74) is 0.971. The Morgan fingerprint density at radius 1 is 1.29 bits per heavy atom. The molecule has 0 saturated carbocycles. The minimum absolute atomic E-state index is 0.240. The summed E-state index contributed by atoms with van der Waals surface area (Å²) >= 11 is 3.20. The van der Waals surface area contributed by atoms with Gasteiger partial charge in [-0.05, 0) is 31.2 Å². The van der Waals surface area contributed by atoms with E-state index in [0.29, 0.717) is 4.47 Å². The van der Waals surface area contributed by atoms with Crippen LogP contribution in [0.15, 0.2) is 53.0 Å². The summed E-state index contributed by atoms with van der Waals surface area (Å²) in [4.78, 5) is 12.1. The van der Waals surface area contributed by atoms with E-state index in [1.54, 1.807) is 19.1 Å². The first-order chi connectivity index (χ1) is 10.1. The van der Waals surface area contributed by atoms with Crippen LogP contribution in [0.2, 0.25) is 0 Å². The largest absolute Gasteiger partial charge is 0.464 e. The minimum atomic E-state index is -0.888. The van der Waals surface area contributed by atoms with E-state index in [9.17, 15) is 9.18 Å². The van der Waals surface area contributed by atoms with Gasteiger partial charge in [-0.3, -0.25) is 0 Å². The van der Waals surface area contributed by atoms with Crippen LogP contribution in [0.1, 0.15) is 18.5 Å². The molecule has 0 fully saturated rings. The van der Waals surface area contributed by atoms with Gasteiger partial charge in [0.05, 0.1) is 6.61 Å². The second-order valence-corrected chi connectivity index (χ2v) is 5.28. The second-order valence-electron chi connectivity index (χ2n) is 4.36. The maximum absolute atomic E-state index is 14.1. The molecule has 0 aliphatic carbocycles. The van der Waals surface area contributed by atoms with Crippen molar-refractivity contribution in [2.24, 2.45) is 0 Å². The van der Waals surface area contributed by atoms with Gasteiger partial charge in [0.25, 0.3) is 0 Å². The topological polar surface area (TPSA) is 38.3 Å². The highest BCUT2D eigenvalue weighted by molar-refractivity contribution is 9.10. The van der Waals surface area contributed by atoms with Gasteiger partial charge < -0.3 is 10.1 Å². The zero-order valence-corrected chi connectivity index (χ0v) is 13.1. The Morgan fingerprint density at radius 2 is 2.00 bits per heavy atom. The highest BCUT2D eigenvalue weighted by Gasteiger charge is 2.25. The maximum Gasteiger partial charge on any atom is 0.333 e. The minimum Gasteiger partial charge on any atom is -0.464 e. The van der Waals surface area contributed by atoms with Gasteiger partial charge in [0.1, 0.15) is 5.82 Å². The number of nitrogens with one attached hydrogen (secondary N) is 1. The van der Waals surface area contributed by atoms with Gasteiger partial charge in [0.2, 0.25) is 0 Å². The molecule has 1 unspecified atom stereocenters. The fourth-order valence-corrected chi connectivity index (χ4v) is 2.26. The van der Waals surface area contributed by atoms with E-state index in [1.165, 1.54) is 6.07 Å². The van der Waals surface area contributed by atoms with Crippen molar-refractivity contribution in [1.29, 1.82) is 0 Å². The summed E-state index contributed by atoms with van der Waals surface area (Å²) in [6.07, 6.45) is 0. The number of carbonyl (C=O) groups excluding carboxylic acids is 1. The predicted octanol–water partition coefficient (Wildman–Crippen LogP) is 4.30. The SMILES string of the molecule is CCOC(=O)C(Nc1ccccc1)c1ccc(Br)cc1F. The summed E-state index contributed by atoms with van der Waals surface area (Å²) < 4.78 is 19.8. The lowest BCUT2D eigenvalue weighted by Gasteiger charge is -2.19. The average Bonchev–Trinajstić information content (AvgIpc) is 2.47. The number of rotatable bonds is 5. The summed E-state index contributed by atoms with van der Waals surface area (Å²) in [5.74, 6) is -0.978. The number of hydrogen-bond donors (Lipinski definition) is 1. The van der Waals surface area contributed by atoms with Crippen LogP contribution in [-0.2, 0) is 9.53 Å². The third-order valence-electron chi connectivity index (χ3n) is 2.88. The standard InChI is InChI=1S/C16H15BrFNO2/c1-2-21-16(20)15(19-12-6-4-3-5-7-12)13-9-8-11(17)10-14(13)18/h3-10,15,19H,2H2,1H3. The first-order valence-corrected chi connectivity index (χ1v) is 7.34. The molecule has 2 aromatic rings. The average molecular weight is 352 g/mol. The summed E-state index contributed by atoms with van der Waals surface area (Å²) in [7, 11) is 0. The van der Waals surface area contributed by atoms with Crippen molar-refractivity contribution in [2.75, 3.05) is 11.9 Å². The molecular weight excluding hydrogens is 337 g/mol. The fourth-order valence-electron chi connectivity index (χ4n) is 1.93. The number of halogens is 2. The lowest BCUT2D eigenvalue weighted by atomic mass is 10.1. The van der Waals surface area contributed by atoms with Gasteiger partial charge >= 0.3 is 5.97 Å². The zero-order valence-electron chi connectivity index (χ0n) is 11.5. The van der Waals surface area contributed by atoms with E-state index in [-0.39, 0.29) is 12.2 Å². The Labute approximate surface area is 131 Å². The second kappa shape index (κ2) is 7.22. The molecule has 5 heteroatoms. The Balaban J connectivity index is 2.33. The summed E-state index contributed by atoms with van der Waals surface area (Å²) in [6, 6.07) is 12.9. The Kier molecular flexibility index (Phi) is 5.33. The van der Waals surface area contributed by atoms with E-state index in [0.717, 1.165) is 5.69 Å². The highest BCUT2D eigenvalue weighted by atomic mass is 79.9. The number of anilines is 1. The van der Waals surface area contributed by atoms with Crippen molar-refractivity contribution in [3.63, 3.8) is 0 Å². The molecule has 2 rings (SSSR count). The molecule has 0 aromatic heterocycles. The van der Waals surface area contributed by atoms with Gasteiger partial charge in [-0.15, -0.1) is 0 Å². The van der Waals surface area contributed by atoms with Crippen molar-refractivity contribution in [3.8, 4) is 0 Å². The lowest BCUT2D eigenvalue weighted by molar-refractivity contribution is -0.144. The molecule has 0 amide bonds. The van der Waals surface area contributed by atoms with Crippen LogP contribution < -0.4 is 5.32 Å². The van der Waals surface area contributed by atoms with Crippen molar-refractivity contribution >= 4 is 27.6 Å². The number of carbonyl (C=O) groups is 1. The van der Waals surface area contributed by atoms with E-state index < -0.39 is 17.8 Å². The number of para-hydroxylation sites is 1. The molecule has 0 heterocycles. The molecule has 0 radical (unpaired) electrons. The number of benzene rings is 2. The normalized spacial score (nSPS) is 11.8. The molecule has 21 heavy (non-hydrogen) atoms. The quantitative estimate of drug-likeness (QED) is 0.816. The molecule has 0 saturated heterocycles. The monoisotopic (exact) mass is 351 g/mol. The lowest BCUT2D eigenvalue weighted by Crippen LogP contribution is -2.24. The van der Waals surface area contributed by atoms with Crippen LogP contribution >= 0.6 is 15.9 Å². The van der Waals surface area contributed by atoms with Gasteiger partial charge in [0.15, 0.2) is 6.04 Å². The Bertz CT molecular complexity index is 619. The first-order valence-electron chi connectivity index (χ1n) is 6.55. The number of ether oxygens (including phenoxy) is 1. The smallest absolute Gasteiger partial charge is 0.333 e. The van der Waals surface area contributed by atoms with Crippen LogP contribution in [-0.4, -0.2) is 12.6 Å². The van der Waals surface area contributed by atoms with Crippen LogP contribution in [0.3, 0.4) is 0 Å². The van der Waals surface area contributed by atoms with E-state index in [4.69, 9.17) is 4.74 Å². The van der Waals surface area contributed by atoms with Gasteiger partial charge in [-0.1, -0.05) is 40.2 Å². The van der Waals surface area contributed by atoms with Crippen molar-refractivity contribution in [1.82, 2.24) is 0 Å². The zero-order chi connectivity index (χ0) is 15.2. The maximum atomic E-state index is 14.1. The Morgan fingerprint density at radius 3 is 2.62 bits per heavy atom. The van der Waals surface area contributed by atoms with Crippen LogP contribution in [0.4, 0.5) is 10.1 Å². The molecule has 0 bridgehead atoms. The van der Waals surface area contributed by atoms with Crippen LogP contribution in [0.5, 0.6) is 0 Å². The van der Waals surface area contributed by atoms with Crippen molar-refractivity contribution in [3.05, 3.63) is 64.4 Å². The Hall–Kier alpha value is -1.88. The van der Waals surface area contributed by atoms with Gasteiger partial charge in [-0.2, -0.15) is 0 Å². The van der Waals surface area contributed by atoms with Gasteiger partial charge in [0, 0.05) is 15.7 Å². The fraction of sp³-hybridized carbons (Fsp3) is 0.188. The van der Waals surface area contributed by atoms with E-state index in [2.05, 4.69) is 21.2 Å². The molecular formula is C16H15BrFNO2. The van der Waals surface area contributed by atoms with Gasteiger partial charge in [-0.25, -0.2) is 9.18 Å². The molecule has 0 aliphatic heterocycles. The molecule has 3 nitrogen and oxygen atoms in total. The van der Waals surface area contributed by atoms with Crippen molar-refractivity contribution < 1.29 is 13.9 Å². The van der Waals surface area contributed by atoms with Crippen LogP contribution in [0.25, 0.3) is 0 Å². The summed E-state index contributed by atoms with van der Waals surface area (Å²) in [5, 5.41) is 3.01. The summed E-state index contributed by atoms with van der Waals surface area (Å²) in [6.45, 7) is 1.96. The highest BCUT2D eigenvalue weighted by Crippen LogP contribution is 2.25. The molecule has 0 aliphatic rings. The van der Waals surface area contributed by atoms with E-state index >= 15 is 0 Å².